The van der Waals surface area contributed by atoms with Gasteiger partial charge in [-0.15, -0.1) is 0 Å². The average molecular weight is 407 g/mol. The van der Waals surface area contributed by atoms with Crippen LogP contribution in [0.1, 0.15) is 0 Å². The third kappa shape index (κ3) is 5.36. The van der Waals surface area contributed by atoms with Crippen molar-refractivity contribution in [1.29, 1.82) is 0 Å². The summed E-state index contributed by atoms with van der Waals surface area (Å²) in [6.07, 6.45) is 0.783. The third-order valence-electron chi connectivity index (χ3n) is 1.90. The zero-order valence-electron chi connectivity index (χ0n) is 10.1. The van der Waals surface area contributed by atoms with Crippen LogP contribution >= 0.6 is 15.9 Å². The van der Waals surface area contributed by atoms with Crippen LogP contribution in [0.3, 0.4) is 0 Å². The van der Waals surface area contributed by atoms with E-state index in [2.05, 4.69) is 15.9 Å². The van der Waals surface area contributed by atoms with Gasteiger partial charge in [0.15, 0.2) is 14.9 Å². The van der Waals surface area contributed by atoms with Gasteiger partial charge < -0.3 is 0 Å². The SMILES string of the molecule is CS(=O)(=O)CS(=O)(=O)Nc1ccc(S(N)(=O)=O)cc1Br. The van der Waals surface area contributed by atoms with Gasteiger partial charge in [0.1, 0.15) is 0 Å². The molecule has 0 atom stereocenters. The molecule has 114 valence electrons. The maximum Gasteiger partial charge on any atom is 0.247 e. The fourth-order valence-electron chi connectivity index (χ4n) is 1.23. The summed E-state index contributed by atoms with van der Waals surface area (Å²) in [4.78, 5) is -0.213. The van der Waals surface area contributed by atoms with Gasteiger partial charge in [-0.25, -0.2) is 30.4 Å². The van der Waals surface area contributed by atoms with E-state index in [1.807, 2.05) is 4.72 Å². The summed E-state index contributed by atoms with van der Waals surface area (Å²) in [7, 11) is -11.8. The topological polar surface area (TPSA) is 140 Å². The van der Waals surface area contributed by atoms with Crippen LogP contribution in [-0.2, 0) is 29.9 Å². The Kier molecular flexibility index (Phi) is 4.86. The summed E-state index contributed by atoms with van der Waals surface area (Å²) in [6, 6.07) is 3.36. The van der Waals surface area contributed by atoms with Gasteiger partial charge in [-0.1, -0.05) is 0 Å². The maximum absolute atomic E-state index is 11.6. The van der Waals surface area contributed by atoms with Gasteiger partial charge in [0.25, 0.3) is 0 Å². The van der Waals surface area contributed by atoms with Gasteiger partial charge >= 0.3 is 0 Å². The Morgan fingerprint density at radius 2 is 1.70 bits per heavy atom. The van der Waals surface area contributed by atoms with Crippen LogP contribution in [0.5, 0.6) is 0 Å². The molecule has 0 aliphatic rings. The molecule has 1 aromatic carbocycles. The lowest BCUT2D eigenvalue weighted by molar-refractivity contribution is 0.593. The van der Waals surface area contributed by atoms with Crippen molar-refractivity contribution in [2.75, 3.05) is 16.1 Å². The lowest BCUT2D eigenvalue weighted by Gasteiger charge is -2.09. The van der Waals surface area contributed by atoms with Crippen molar-refractivity contribution in [3.8, 4) is 0 Å². The second-order valence-electron chi connectivity index (χ2n) is 3.95. The molecule has 0 heterocycles. The zero-order chi connectivity index (χ0) is 15.8. The molecule has 8 nitrogen and oxygen atoms in total. The molecule has 0 aromatic heterocycles. The summed E-state index contributed by atoms with van der Waals surface area (Å²) in [5, 5.41) is 3.84. The summed E-state index contributed by atoms with van der Waals surface area (Å²) in [6.45, 7) is 0. The van der Waals surface area contributed by atoms with Crippen molar-refractivity contribution >= 4 is 51.5 Å². The van der Waals surface area contributed by atoms with Gasteiger partial charge in [0.2, 0.25) is 20.0 Å². The van der Waals surface area contributed by atoms with Crippen LogP contribution in [-0.4, -0.2) is 36.6 Å². The molecule has 0 aliphatic heterocycles. The maximum atomic E-state index is 11.6. The van der Waals surface area contributed by atoms with Gasteiger partial charge in [-0.2, -0.15) is 0 Å². The summed E-state index contributed by atoms with van der Waals surface area (Å²) in [5.41, 5.74) is 0.000972. The second-order valence-corrected chi connectivity index (χ2v) is 10.6. The zero-order valence-corrected chi connectivity index (χ0v) is 14.1. The molecule has 0 fully saturated rings. The van der Waals surface area contributed by atoms with Gasteiger partial charge in [0, 0.05) is 10.7 Å². The first-order valence-corrected chi connectivity index (χ1v) is 10.9. The van der Waals surface area contributed by atoms with Crippen LogP contribution in [0, 0.1) is 0 Å². The van der Waals surface area contributed by atoms with Crippen LogP contribution in [0.25, 0.3) is 0 Å². The van der Waals surface area contributed by atoms with E-state index in [9.17, 15) is 25.3 Å². The van der Waals surface area contributed by atoms with Crippen molar-refractivity contribution < 1.29 is 25.3 Å². The number of nitrogens with two attached hydrogens (primary N) is 1. The molecular weight excluding hydrogens is 396 g/mol. The van der Waals surface area contributed by atoms with E-state index in [1.165, 1.54) is 0 Å². The van der Waals surface area contributed by atoms with Crippen LogP contribution < -0.4 is 9.86 Å². The van der Waals surface area contributed by atoms with E-state index in [1.54, 1.807) is 0 Å². The predicted octanol–water partition coefficient (Wildman–Crippen LogP) is -0.160. The number of benzene rings is 1. The number of hydrogen-bond acceptors (Lipinski definition) is 6. The first-order valence-electron chi connectivity index (χ1n) is 4.81. The molecule has 20 heavy (non-hydrogen) atoms. The number of anilines is 1. The van der Waals surface area contributed by atoms with Gasteiger partial charge in [-0.3, -0.25) is 4.72 Å². The lowest BCUT2D eigenvalue weighted by Crippen LogP contribution is -2.22. The Balaban J connectivity index is 3.13. The number of nitrogens with one attached hydrogen (secondary N) is 1. The number of rotatable bonds is 5. The smallest absolute Gasteiger partial charge is 0.247 e. The molecule has 0 spiro atoms. The highest BCUT2D eigenvalue weighted by molar-refractivity contribution is 9.10. The fraction of sp³-hybridized carbons (Fsp3) is 0.250. The summed E-state index contributed by atoms with van der Waals surface area (Å²) >= 11 is 2.98. The molecular formula is C8H11BrN2O6S3. The van der Waals surface area contributed by atoms with Crippen molar-refractivity contribution in [2.24, 2.45) is 5.14 Å². The van der Waals surface area contributed by atoms with Crippen molar-refractivity contribution in [2.45, 2.75) is 4.90 Å². The average Bonchev–Trinajstić information content (AvgIpc) is 2.15. The number of hydrogen-bond donors (Lipinski definition) is 2. The quantitative estimate of drug-likeness (QED) is 0.695. The molecule has 3 N–H and O–H groups in total. The van der Waals surface area contributed by atoms with Crippen LogP contribution in [0.15, 0.2) is 27.6 Å². The molecule has 0 amide bonds. The molecule has 0 unspecified atom stereocenters. The first-order chi connectivity index (χ1) is 8.80. The van der Waals surface area contributed by atoms with Crippen LogP contribution in [0.2, 0.25) is 0 Å². The standard InChI is InChI=1S/C8H11BrN2O6S3/c1-18(12,13)5-19(14,15)11-8-3-2-6(4-7(8)9)20(10,16)17/h2-4,11H,5H2,1H3,(H2,10,16,17). The molecule has 1 rings (SSSR count). The Bertz CT molecular complexity index is 829. The van der Waals surface area contributed by atoms with Crippen molar-refractivity contribution in [1.82, 2.24) is 0 Å². The second kappa shape index (κ2) is 5.60. The number of sulfonamides is 2. The Hall–Kier alpha value is -0.690. The number of sulfone groups is 1. The molecule has 0 aliphatic carbocycles. The highest BCUT2D eigenvalue weighted by Gasteiger charge is 2.20. The Morgan fingerprint density at radius 3 is 2.10 bits per heavy atom. The molecule has 0 bridgehead atoms. The molecule has 0 saturated heterocycles. The van der Waals surface area contributed by atoms with Crippen molar-refractivity contribution in [3.63, 3.8) is 0 Å². The van der Waals surface area contributed by atoms with E-state index in [0.29, 0.717) is 0 Å². The highest BCUT2D eigenvalue weighted by Crippen LogP contribution is 2.26. The van der Waals surface area contributed by atoms with E-state index in [-0.39, 0.29) is 15.1 Å². The molecule has 12 heteroatoms. The first kappa shape index (κ1) is 17.4. The number of primary sulfonamides is 1. The monoisotopic (exact) mass is 406 g/mol. The van der Waals surface area contributed by atoms with E-state index < -0.39 is 35.0 Å². The van der Waals surface area contributed by atoms with Gasteiger partial charge in [0.05, 0.1) is 10.6 Å². The fourth-order valence-corrected chi connectivity index (χ4v) is 5.54. The minimum Gasteiger partial charge on any atom is -0.282 e. The Morgan fingerprint density at radius 1 is 1.15 bits per heavy atom. The third-order valence-corrected chi connectivity index (χ3v) is 6.96. The normalized spacial score (nSPS) is 13.2. The molecule has 0 saturated carbocycles. The molecule has 0 radical (unpaired) electrons. The van der Waals surface area contributed by atoms with Gasteiger partial charge in [-0.05, 0) is 34.1 Å². The summed E-state index contributed by atoms with van der Waals surface area (Å²) in [5.74, 6) is 0. The minimum absolute atomic E-state index is 0.000972. The van der Waals surface area contributed by atoms with Crippen molar-refractivity contribution in [3.05, 3.63) is 22.7 Å². The molecule has 1 aromatic rings. The largest absolute Gasteiger partial charge is 0.282 e. The van der Waals surface area contributed by atoms with E-state index in [4.69, 9.17) is 5.14 Å². The van der Waals surface area contributed by atoms with E-state index >= 15 is 0 Å². The minimum atomic E-state index is -4.11. The van der Waals surface area contributed by atoms with E-state index in [0.717, 1.165) is 24.5 Å². The Labute approximate surface area is 125 Å². The van der Waals surface area contributed by atoms with Crippen LogP contribution in [0.4, 0.5) is 5.69 Å². The lowest BCUT2D eigenvalue weighted by atomic mass is 10.3. The highest BCUT2D eigenvalue weighted by atomic mass is 79.9. The predicted molar refractivity (Wildman–Crippen MR) is 77.8 cm³/mol. The number of halogens is 1. The summed E-state index contributed by atoms with van der Waals surface area (Å²) < 4.78 is 69.5.